The number of hydrogen-bond acceptors (Lipinski definition) is 0. The van der Waals surface area contributed by atoms with Crippen molar-refractivity contribution < 1.29 is 0 Å². The number of H-pyrrole nitrogens is 1. The Morgan fingerprint density at radius 1 is 0.444 bits per heavy atom. The number of nitrogens with one attached hydrogen (secondary N) is 1. The highest BCUT2D eigenvalue weighted by Gasteiger charge is 2.06. The Bertz CT molecular complexity index is 1290. The van der Waals surface area contributed by atoms with Crippen molar-refractivity contribution in [1.29, 1.82) is 0 Å². The van der Waals surface area contributed by atoms with Crippen LogP contribution in [-0.4, -0.2) is 4.98 Å². The predicted molar refractivity (Wildman–Crippen MR) is 124 cm³/mol. The van der Waals surface area contributed by atoms with E-state index in [2.05, 4.69) is 122 Å². The molecule has 27 heavy (non-hydrogen) atoms. The summed E-state index contributed by atoms with van der Waals surface area (Å²) >= 11 is 7.29. The van der Waals surface area contributed by atoms with Gasteiger partial charge in [-0.25, -0.2) is 0 Å². The largest absolute Gasteiger partial charge is 0.355 e. The zero-order chi connectivity index (χ0) is 18.4. The van der Waals surface area contributed by atoms with Crippen LogP contribution in [0.2, 0.25) is 0 Å². The molecule has 0 bridgehead atoms. The van der Waals surface area contributed by atoms with Gasteiger partial charge in [0, 0.05) is 30.8 Å². The monoisotopic (exact) mass is 475 g/mol. The van der Waals surface area contributed by atoms with Gasteiger partial charge in [0.05, 0.1) is 0 Å². The number of benzene rings is 4. The zero-order valence-corrected chi connectivity index (χ0v) is 17.5. The lowest BCUT2D eigenvalue weighted by Gasteiger charge is -2.03. The van der Waals surface area contributed by atoms with Gasteiger partial charge < -0.3 is 4.98 Å². The Kier molecular flexibility index (Phi) is 4.14. The van der Waals surface area contributed by atoms with E-state index in [4.69, 9.17) is 0 Å². The van der Waals surface area contributed by atoms with Gasteiger partial charge >= 0.3 is 0 Å². The van der Waals surface area contributed by atoms with Crippen molar-refractivity contribution in [2.45, 2.75) is 0 Å². The van der Waals surface area contributed by atoms with E-state index >= 15 is 0 Å². The van der Waals surface area contributed by atoms with Gasteiger partial charge in [0.1, 0.15) is 0 Å². The fourth-order valence-corrected chi connectivity index (χ4v) is 4.47. The molecule has 0 atom stereocenters. The molecule has 0 aliphatic heterocycles. The number of aromatic nitrogens is 1. The van der Waals surface area contributed by atoms with E-state index in [0.29, 0.717) is 0 Å². The second-order valence-electron chi connectivity index (χ2n) is 6.60. The van der Waals surface area contributed by atoms with Crippen LogP contribution in [0.15, 0.2) is 93.9 Å². The van der Waals surface area contributed by atoms with E-state index in [9.17, 15) is 0 Å². The van der Waals surface area contributed by atoms with Crippen LogP contribution >= 0.6 is 31.9 Å². The van der Waals surface area contributed by atoms with Crippen molar-refractivity contribution in [1.82, 2.24) is 4.98 Å². The topological polar surface area (TPSA) is 15.8 Å². The first-order valence-corrected chi connectivity index (χ1v) is 10.3. The molecule has 0 aliphatic rings. The number of fused-ring (bicyclic) bond motifs is 7. The summed E-state index contributed by atoms with van der Waals surface area (Å²) in [5.74, 6) is 0. The van der Waals surface area contributed by atoms with Gasteiger partial charge in [0.15, 0.2) is 0 Å². The molecule has 1 aromatic heterocycles. The second kappa shape index (κ2) is 6.66. The van der Waals surface area contributed by atoms with Gasteiger partial charge in [-0.05, 0) is 57.9 Å². The fourth-order valence-electron chi connectivity index (χ4n) is 3.75. The molecule has 0 aliphatic carbocycles. The normalized spacial score (nSPS) is 11.3. The molecule has 0 saturated carbocycles. The molecule has 5 aromatic rings. The van der Waals surface area contributed by atoms with Crippen LogP contribution in [0.4, 0.5) is 0 Å². The Balaban J connectivity index is 2.25. The van der Waals surface area contributed by atoms with Gasteiger partial charge in [-0.1, -0.05) is 80.4 Å². The minimum atomic E-state index is 1.07. The van der Waals surface area contributed by atoms with Crippen molar-refractivity contribution in [2.24, 2.45) is 0 Å². The third-order valence-electron chi connectivity index (χ3n) is 4.96. The maximum atomic E-state index is 3.68. The lowest BCUT2D eigenvalue weighted by Crippen LogP contribution is -1.78. The smallest absolute Gasteiger partial charge is 0.0465 e. The fraction of sp³-hybridized carbons (Fsp3) is 0. The minimum Gasteiger partial charge on any atom is -0.355 e. The molecule has 4 aromatic carbocycles. The summed E-state index contributed by atoms with van der Waals surface area (Å²) in [6.45, 7) is 0. The Morgan fingerprint density at radius 3 is 1.22 bits per heavy atom. The number of aromatic amines is 1. The van der Waals surface area contributed by atoms with E-state index in [0.717, 1.165) is 20.0 Å². The molecule has 0 saturated heterocycles. The summed E-state index contributed by atoms with van der Waals surface area (Å²) in [5, 5.41) is 7.29. The number of hydrogen-bond donors (Lipinski definition) is 1. The van der Waals surface area contributed by atoms with Crippen LogP contribution in [0.3, 0.4) is 0 Å². The van der Waals surface area contributed by atoms with Crippen LogP contribution in [-0.2, 0) is 0 Å². The van der Waals surface area contributed by atoms with Gasteiger partial charge in [-0.3, -0.25) is 0 Å². The summed E-state index contributed by atoms with van der Waals surface area (Å²) in [4.78, 5) is 3.68. The van der Waals surface area contributed by atoms with Crippen LogP contribution < -0.4 is 0 Å². The van der Waals surface area contributed by atoms with Gasteiger partial charge in [-0.15, -0.1) is 0 Å². The SMILES string of the molecule is Brc1ccc2[nH]c3ccc(Br)cc3c3ccccc3c3ccccc3c2c1. The van der Waals surface area contributed by atoms with Crippen molar-refractivity contribution in [3.05, 3.63) is 93.9 Å². The average Bonchev–Trinajstić information content (AvgIpc) is 2.74. The highest BCUT2D eigenvalue weighted by atomic mass is 79.9. The van der Waals surface area contributed by atoms with Gasteiger partial charge in [0.25, 0.3) is 0 Å². The van der Waals surface area contributed by atoms with E-state index in [1.54, 1.807) is 0 Å². The van der Waals surface area contributed by atoms with E-state index in [1.165, 1.54) is 32.3 Å². The van der Waals surface area contributed by atoms with E-state index < -0.39 is 0 Å². The summed E-state index contributed by atoms with van der Waals surface area (Å²) in [6.07, 6.45) is 0. The summed E-state index contributed by atoms with van der Waals surface area (Å²) in [5.41, 5.74) is 2.20. The van der Waals surface area contributed by atoms with E-state index in [1.807, 2.05) is 0 Å². The van der Waals surface area contributed by atoms with Crippen LogP contribution in [0.1, 0.15) is 0 Å². The number of halogens is 2. The minimum absolute atomic E-state index is 1.07. The molecular weight excluding hydrogens is 462 g/mol. The van der Waals surface area contributed by atoms with Crippen LogP contribution in [0, 0.1) is 0 Å². The molecular formula is C24H15Br2N. The summed E-state index contributed by atoms with van der Waals surface area (Å²) in [6, 6.07) is 30.1. The lowest BCUT2D eigenvalue weighted by atomic mass is 10.0. The van der Waals surface area contributed by atoms with Crippen LogP contribution in [0.5, 0.6) is 0 Å². The molecule has 1 nitrogen and oxygen atoms in total. The molecule has 0 radical (unpaired) electrons. The zero-order valence-electron chi connectivity index (χ0n) is 14.3. The third-order valence-corrected chi connectivity index (χ3v) is 5.94. The quantitative estimate of drug-likeness (QED) is 0.231. The summed E-state index contributed by atoms with van der Waals surface area (Å²) in [7, 11) is 0. The molecule has 0 unspecified atom stereocenters. The average molecular weight is 477 g/mol. The first-order valence-electron chi connectivity index (χ1n) is 8.76. The van der Waals surface area contributed by atoms with Gasteiger partial charge in [0.2, 0.25) is 0 Å². The highest BCUT2D eigenvalue weighted by Crippen LogP contribution is 2.32. The van der Waals surface area contributed by atoms with Crippen molar-refractivity contribution in [3.63, 3.8) is 0 Å². The Morgan fingerprint density at radius 2 is 0.815 bits per heavy atom. The maximum absolute atomic E-state index is 3.68. The number of rotatable bonds is 0. The Labute approximate surface area is 173 Å². The highest BCUT2D eigenvalue weighted by molar-refractivity contribution is 9.10. The lowest BCUT2D eigenvalue weighted by molar-refractivity contribution is 1.51. The molecule has 1 N–H and O–H groups in total. The van der Waals surface area contributed by atoms with Gasteiger partial charge in [-0.2, -0.15) is 0 Å². The van der Waals surface area contributed by atoms with Crippen LogP contribution in [0.25, 0.3) is 43.4 Å². The van der Waals surface area contributed by atoms with Crippen molar-refractivity contribution >= 4 is 75.2 Å². The predicted octanol–water partition coefficient (Wildman–Crippen LogP) is 8.28. The van der Waals surface area contributed by atoms with Crippen molar-refractivity contribution in [3.8, 4) is 0 Å². The molecule has 1 heterocycles. The Hall–Kier alpha value is -2.36. The first kappa shape index (κ1) is 16.8. The molecule has 3 heteroatoms. The van der Waals surface area contributed by atoms with Crippen molar-refractivity contribution in [2.75, 3.05) is 0 Å². The van der Waals surface area contributed by atoms with E-state index in [-0.39, 0.29) is 0 Å². The molecule has 0 fully saturated rings. The second-order valence-corrected chi connectivity index (χ2v) is 8.43. The molecule has 0 amide bonds. The maximum Gasteiger partial charge on any atom is 0.0465 e. The summed E-state index contributed by atoms with van der Waals surface area (Å²) < 4.78 is 2.14. The molecule has 0 spiro atoms. The molecule has 130 valence electrons. The third kappa shape index (κ3) is 2.91. The first-order chi connectivity index (χ1) is 13.2. The molecule has 5 rings (SSSR count). The standard InChI is InChI=1S/C24H15Br2N/c25-15-9-11-23-21(13-15)19-7-3-1-5-17(19)18-6-2-4-8-20(18)22-14-16(26)10-12-24(22)27-23/h1-14,27H.